The van der Waals surface area contributed by atoms with E-state index < -0.39 is 0 Å². The number of benzene rings is 9. The fourth-order valence-corrected chi connectivity index (χ4v) is 8.65. The number of fused-ring (bicyclic) bond motifs is 4. The fraction of sp³-hybridized carbons (Fsp3) is 0.0769. The van der Waals surface area contributed by atoms with Crippen molar-refractivity contribution < 1.29 is 0 Å². The van der Waals surface area contributed by atoms with Crippen molar-refractivity contribution in [2.75, 3.05) is 4.90 Å². The molecular weight excluding hydrogens is 639 g/mol. The molecule has 9 aromatic carbocycles. The summed E-state index contributed by atoms with van der Waals surface area (Å²) in [5.41, 5.74) is 14.9. The van der Waals surface area contributed by atoms with Crippen LogP contribution in [0.4, 0.5) is 11.4 Å². The molecule has 10 rings (SSSR count). The molecule has 0 atom stereocenters. The van der Waals surface area contributed by atoms with Gasteiger partial charge in [-0.15, -0.1) is 0 Å². The monoisotopic (exact) mass is 677 g/mol. The van der Waals surface area contributed by atoms with Gasteiger partial charge < -0.3 is 4.90 Å². The smallest absolute Gasteiger partial charge is 0.0502 e. The molecule has 1 aliphatic rings. The zero-order chi connectivity index (χ0) is 35.7. The van der Waals surface area contributed by atoms with Gasteiger partial charge in [0.1, 0.15) is 0 Å². The second kappa shape index (κ2) is 12.1. The van der Waals surface area contributed by atoms with Gasteiger partial charge in [0.05, 0.1) is 11.4 Å². The highest BCUT2D eigenvalue weighted by atomic mass is 15.2. The summed E-state index contributed by atoms with van der Waals surface area (Å²) in [6, 6.07) is 67.2. The van der Waals surface area contributed by atoms with Crippen molar-refractivity contribution in [3.8, 4) is 55.6 Å². The van der Waals surface area contributed by atoms with Gasteiger partial charge in [-0.25, -0.2) is 0 Å². The number of nitrogens with zero attached hydrogens (tertiary/aromatic N) is 1. The Kier molecular flexibility index (Phi) is 7.13. The summed E-state index contributed by atoms with van der Waals surface area (Å²) < 4.78 is 0. The van der Waals surface area contributed by atoms with E-state index in [2.05, 4.69) is 208 Å². The molecule has 252 valence electrons. The molecule has 1 heterocycles. The Balaban J connectivity index is 1.05. The van der Waals surface area contributed by atoms with Crippen LogP contribution in [-0.4, -0.2) is 5.54 Å². The highest BCUT2D eigenvalue weighted by Crippen LogP contribution is 2.53. The van der Waals surface area contributed by atoms with Crippen LogP contribution in [0.2, 0.25) is 0 Å². The summed E-state index contributed by atoms with van der Waals surface area (Å²) in [4.78, 5) is 2.55. The summed E-state index contributed by atoms with van der Waals surface area (Å²) in [5, 5.41) is 7.70. The average molecular weight is 678 g/mol. The summed E-state index contributed by atoms with van der Waals surface area (Å²) in [7, 11) is 0. The van der Waals surface area contributed by atoms with Crippen molar-refractivity contribution in [3.05, 3.63) is 182 Å². The van der Waals surface area contributed by atoms with Gasteiger partial charge in [-0.3, -0.25) is 0 Å². The quantitative estimate of drug-likeness (QED) is 0.179. The molecule has 0 N–H and O–H groups in total. The lowest BCUT2D eigenvalue weighted by Gasteiger charge is -2.43. The maximum absolute atomic E-state index is 2.55. The van der Waals surface area contributed by atoms with Crippen molar-refractivity contribution in [3.63, 3.8) is 0 Å². The van der Waals surface area contributed by atoms with Crippen LogP contribution < -0.4 is 4.90 Å². The van der Waals surface area contributed by atoms with Crippen LogP contribution >= 0.6 is 0 Å². The lowest BCUT2D eigenvalue weighted by atomic mass is 9.84. The number of hydrogen-bond acceptors (Lipinski definition) is 1. The molecule has 1 nitrogen and oxygen atoms in total. The number of rotatable bonds is 4. The topological polar surface area (TPSA) is 3.24 Å². The van der Waals surface area contributed by atoms with Crippen LogP contribution in [-0.2, 0) is 0 Å². The lowest BCUT2D eigenvalue weighted by Crippen LogP contribution is -2.39. The second-order valence-electron chi connectivity index (χ2n) is 15.3. The van der Waals surface area contributed by atoms with Gasteiger partial charge in [-0.05, 0) is 110 Å². The molecule has 0 saturated carbocycles. The molecule has 0 saturated heterocycles. The van der Waals surface area contributed by atoms with E-state index in [9.17, 15) is 0 Å². The Labute approximate surface area is 311 Å². The van der Waals surface area contributed by atoms with E-state index >= 15 is 0 Å². The van der Waals surface area contributed by atoms with Crippen LogP contribution in [0.1, 0.15) is 20.8 Å². The van der Waals surface area contributed by atoms with E-state index in [-0.39, 0.29) is 5.54 Å². The SMILES string of the molecule is CC(C)(C)N1c2cc(-c3ccc(-c4cccc5ccccc45)cc3)ccc2-c2ccc(-c3ccc(-c4cccc5ccccc45)cc3)c3cccc1c23. The molecule has 0 spiro atoms. The van der Waals surface area contributed by atoms with E-state index in [0.717, 1.165) is 0 Å². The standard InChI is InChI=1S/C52H39N/c1-52(2,3)53-49-20-10-19-47-45(39-27-25-38(26-28-39)44-18-9-14-36-12-5-7-16-42(36)44)31-32-48(51(47)49)46-30-29-40(33-50(46)53)34-21-23-37(24-22-34)43-17-8-13-35-11-4-6-15-41(35)43/h4-33H,1-3H3. The second-order valence-corrected chi connectivity index (χ2v) is 15.3. The normalized spacial score (nSPS) is 12.4. The highest BCUT2D eigenvalue weighted by Gasteiger charge is 2.32. The van der Waals surface area contributed by atoms with Crippen molar-refractivity contribution in [1.29, 1.82) is 0 Å². The van der Waals surface area contributed by atoms with Crippen molar-refractivity contribution in [2.45, 2.75) is 26.3 Å². The first-order chi connectivity index (χ1) is 25.9. The summed E-state index contributed by atoms with van der Waals surface area (Å²) in [6.45, 7) is 6.96. The highest BCUT2D eigenvalue weighted by molar-refractivity contribution is 6.16. The van der Waals surface area contributed by atoms with Crippen LogP contribution in [0, 0.1) is 0 Å². The predicted octanol–water partition coefficient (Wildman–Crippen LogP) is 14.7. The average Bonchev–Trinajstić information content (AvgIpc) is 3.20. The molecule has 0 bridgehead atoms. The van der Waals surface area contributed by atoms with Crippen molar-refractivity contribution >= 4 is 43.7 Å². The molecule has 0 amide bonds. The number of anilines is 2. The first-order valence-electron chi connectivity index (χ1n) is 18.6. The molecular formula is C52H39N. The van der Waals surface area contributed by atoms with Crippen LogP contribution in [0.3, 0.4) is 0 Å². The molecule has 9 aromatic rings. The summed E-state index contributed by atoms with van der Waals surface area (Å²) in [6.07, 6.45) is 0. The summed E-state index contributed by atoms with van der Waals surface area (Å²) in [5.74, 6) is 0. The van der Waals surface area contributed by atoms with E-state index in [1.165, 1.54) is 99.3 Å². The van der Waals surface area contributed by atoms with Crippen LogP contribution in [0.5, 0.6) is 0 Å². The maximum atomic E-state index is 2.55. The first-order valence-corrected chi connectivity index (χ1v) is 18.6. The minimum atomic E-state index is -0.145. The molecule has 1 aliphatic heterocycles. The largest absolute Gasteiger partial charge is 0.335 e. The third kappa shape index (κ3) is 5.15. The van der Waals surface area contributed by atoms with Gasteiger partial charge in [0, 0.05) is 16.5 Å². The van der Waals surface area contributed by atoms with Crippen molar-refractivity contribution in [1.82, 2.24) is 0 Å². The molecule has 0 radical (unpaired) electrons. The molecule has 0 fully saturated rings. The Bertz CT molecular complexity index is 2840. The van der Waals surface area contributed by atoms with Crippen LogP contribution in [0.15, 0.2) is 182 Å². The van der Waals surface area contributed by atoms with Gasteiger partial charge in [-0.1, -0.05) is 170 Å². The molecule has 1 heteroatoms. The minimum Gasteiger partial charge on any atom is -0.335 e. The molecule has 0 aliphatic carbocycles. The predicted molar refractivity (Wildman–Crippen MR) is 228 cm³/mol. The van der Waals surface area contributed by atoms with Crippen molar-refractivity contribution in [2.24, 2.45) is 0 Å². The maximum Gasteiger partial charge on any atom is 0.0502 e. The van der Waals surface area contributed by atoms with Gasteiger partial charge in [0.2, 0.25) is 0 Å². The first kappa shape index (κ1) is 31.3. The van der Waals surface area contributed by atoms with Crippen LogP contribution in [0.25, 0.3) is 88.0 Å². The lowest BCUT2D eigenvalue weighted by molar-refractivity contribution is 0.561. The molecule has 0 aromatic heterocycles. The Morgan fingerprint density at radius 2 is 0.755 bits per heavy atom. The van der Waals surface area contributed by atoms with Gasteiger partial charge in [-0.2, -0.15) is 0 Å². The van der Waals surface area contributed by atoms with E-state index in [0.29, 0.717) is 0 Å². The number of hydrogen-bond donors (Lipinski definition) is 0. The third-order valence-electron chi connectivity index (χ3n) is 11.1. The summed E-state index contributed by atoms with van der Waals surface area (Å²) >= 11 is 0. The third-order valence-corrected chi connectivity index (χ3v) is 11.1. The van der Waals surface area contributed by atoms with Gasteiger partial charge in [0.15, 0.2) is 0 Å². The zero-order valence-corrected chi connectivity index (χ0v) is 30.3. The van der Waals surface area contributed by atoms with E-state index in [1.54, 1.807) is 0 Å². The minimum absolute atomic E-state index is 0.145. The van der Waals surface area contributed by atoms with E-state index in [1.807, 2.05) is 0 Å². The fourth-order valence-electron chi connectivity index (χ4n) is 8.65. The van der Waals surface area contributed by atoms with Gasteiger partial charge in [0.25, 0.3) is 0 Å². The molecule has 53 heavy (non-hydrogen) atoms. The van der Waals surface area contributed by atoms with E-state index in [4.69, 9.17) is 0 Å². The Hall–Kier alpha value is -6.44. The Morgan fingerprint density at radius 3 is 1.34 bits per heavy atom. The Morgan fingerprint density at radius 1 is 0.321 bits per heavy atom. The zero-order valence-electron chi connectivity index (χ0n) is 30.3. The van der Waals surface area contributed by atoms with Gasteiger partial charge >= 0.3 is 0 Å². The molecule has 0 unspecified atom stereocenters.